The summed E-state index contributed by atoms with van der Waals surface area (Å²) in [6, 6.07) is -0.497. The SMILES string of the molecule is CCOc1c(F)cc(C2=NO[C@]3(C2)C[C@@H](C(=O)N[C@@H](CC2CC2)C(=O)C(N)=O)N(C(=O)[C@@H](NC(=O)CC2CCCCC2)C(C)(C)C)C3)cc1Cl. The van der Waals surface area contributed by atoms with Crippen molar-refractivity contribution in [2.24, 2.45) is 28.1 Å². The number of hydrogen-bond acceptors (Lipinski definition) is 8. The Kier molecular flexibility index (Phi) is 11.4. The van der Waals surface area contributed by atoms with Gasteiger partial charge in [0.15, 0.2) is 17.2 Å². The van der Waals surface area contributed by atoms with Crippen LogP contribution in [0.2, 0.25) is 5.02 Å². The van der Waals surface area contributed by atoms with Crippen molar-refractivity contribution in [1.82, 2.24) is 15.5 Å². The van der Waals surface area contributed by atoms with E-state index < -0.39 is 58.5 Å². The average Bonchev–Trinajstić information content (AvgIpc) is 3.65. The molecule has 4 aliphatic rings. The molecule has 2 aliphatic heterocycles. The molecule has 1 saturated heterocycles. The zero-order valence-corrected chi connectivity index (χ0v) is 30.1. The number of rotatable bonds is 13. The van der Waals surface area contributed by atoms with E-state index in [0.29, 0.717) is 17.7 Å². The van der Waals surface area contributed by atoms with Gasteiger partial charge in [-0.05, 0) is 55.6 Å². The summed E-state index contributed by atoms with van der Waals surface area (Å²) in [4.78, 5) is 73.9. The molecule has 4 N–H and O–H groups in total. The van der Waals surface area contributed by atoms with Gasteiger partial charge in [-0.1, -0.05) is 69.6 Å². The maximum Gasteiger partial charge on any atom is 0.287 e. The number of benzene rings is 1. The first-order valence-corrected chi connectivity index (χ1v) is 18.1. The number of likely N-dealkylation sites (tertiary alicyclic amines) is 1. The van der Waals surface area contributed by atoms with Crippen LogP contribution < -0.4 is 21.1 Å². The van der Waals surface area contributed by atoms with Crippen molar-refractivity contribution in [1.29, 1.82) is 0 Å². The lowest BCUT2D eigenvalue weighted by Gasteiger charge is -2.36. The molecule has 12 nitrogen and oxygen atoms in total. The number of halogens is 2. The Labute approximate surface area is 297 Å². The Morgan fingerprint density at radius 3 is 2.40 bits per heavy atom. The van der Waals surface area contributed by atoms with E-state index >= 15 is 0 Å². The number of ether oxygens (including phenoxy) is 1. The predicted octanol–water partition coefficient (Wildman–Crippen LogP) is 4.18. The van der Waals surface area contributed by atoms with Crippen molar-refractivity contribution >= 4 is 46.7 Å². The maximum absolute atomic E-state index is 14.9. The van der Waals surface area contributed by atoms with Crippen molar-refractivity contribution in [2.75, 3.05) is 13.2 Å². The number of nitrogens with zero attached hydrogens (tertiary/aromatic N) is 2. The third kappa shape index (κ3) is 8.76. The zero-order chi connectivity index (χ0) is 36.4. The van der Waals surface area contributed by atoms with Crippen LogP contribution >= 0.6 is 11.6 Å². The molecule has 3 fully saturated rings. The summed E-state index contributed by atoms with van der Waals surface area (Å²) in [5.74, 6) is -3.74. The van der Waals surface area contributed by atoms with Gasteiger partial charge in [-0.2, -0.15) is 0 Å². The highest BCUT2D eigenvalue weighted by atomic mass is 35.5. The van der Waals surface area contributed by atoms with Crippen LogP contribution in [0, 0.1) is 23.1 Å². The molecule has 4 amide bonds. The molecule has 2 aliphatic carbocycles. The van der Waals surface area contributed by atoms with Gasteiger partial charge in [0.05, 0.1) is 29.9 Å². The molecule has 0 bridgehead atoms. The number of amides is 4. The van der Waals surface area contributed by atoms with Crippen molar-refractivity contribution in [3.05, 3.63) is 28.5 Å². The second-order valence-electron chi connectivity index (χ2n) is 15.4. The number of ketones is 1. The largest absolute Gasteiger partial charge is 0.489 e. The first-order chi connectivity index (χ1) is 23.6. The summed E-state index contributed by atoms with van der Waals surface area (Å²) < 4.78 is 20.3. The van der Waals surface area contributed by atoms with Crippen LogP contribution in [-0.4, -0.2) is 76.9 Å². The number of carbonyl (C=O) groups excluding carboxylic acids is 5. The molecule has 1 spiro atoms. The molecule has 2 heterocycles. The van der Waals surface area contributed by atoms with Gasteiger partial charge in [-0.3, -0.25) is 24.0 Å². The van der Waals surface area contributed by atoms with Gasteiger partial charge in [0.1, 0.15) is 12.1 Å². The smallest absolute Gasteiger partial charge is 0.287 e. The topological polar surface area (TPSA) is 169 Å². The number of nitrogens with two attached hydrogens (primary N) is 1. The predicted molar refractivity (Wildman–Crippen MR) is 184 cm³/mol. The Balaban J connectivity index is 1.41. The van der Waals surface area contributed by atoms with Crippen LogP contribution in [0.3, 0.4) is 0 Å². The maximum atomic E-state index is 14.9. The van der Waals surface area contributed by atoms with Gasteiger partial charge in [0.25, 0.3) is 5.91 Å². The minimum atomic E-state index is -1.18. The van der Waals surface area contributed by atoms with Gasteiger partial charge in [-0.15, -0.1) is 0 Å². The van der Waals surface area contributed by atoms with Crippen LogP contribution in [0.25, 0.3) is 0 Å². The second-order valence-corrected chi connectivity index (χ2v) is 15.8. The summed E-state index contributed by atoms with van der Waals surface area (Å²) in [7, 11) is 0. The lowest BCUT2D eigenvalue weighted by Crippen LogP contribution is -2.59. The Morgan fingerprint density at radius 1 is 1.10 bits per heavy atom. The Morgan fingerprint density at radius 2 is 1.80 bits per heavy atom. The first kappa shape index (κ1) is 37.5. The number of Topliss-reactive ketones (excluding diaryl/α,β-unsaturated/α-hetero) is 1. The molecule has 50 heavy (non-hydrogen) atoms. The van der Waals surface area contributed by atoms with Crippen LogP contribution in [0.5, 0.6) is 5.75 Å². The lowest BCUT2D eigenvalue weighted by molar-refractivity contribution is -0.145. The summed E-state index contributed by atoms with van der Waals surface area (Å²) in [6.07, 6.45) is 7.65. The van der Waals surface area contributed by atoms with Gasteiger partial charge < -0.3 is 30.8 Å². The highest BCUT2D eigenvalue weighted by molar-refractivity contribution is 6.38. The number of oxime groups is 1. The molecule has 14 heteroatoms. The van der Waals surface area contributed by atoms with Crippen LogP contribution in [0.4, 0.5) is 4.39 Å². The zero-order valence-electron chi connectivity index (χ0n) is 29.3. The fourth-order valence-corrected chi connectivity index (χ4v) is 7.60. The van der Waals surface area contributed by atoms with Gasteiger partial charge in [0, 0.05) is 24.8 Å². The summed E-state index contributed by atoms with van der Waals surface area (Å²) in [6.45, 7) is 7.38. The van der Waals surface area contributed by atoms with Crippen LogP contribution in [0.15, 0.2) is 17.3 Å². The number of primary amides is 1. The van der Waals surface area contributed by atoms with E-state index in [-0.39, 0.29) is 60.9 Å². The van der Waals surface area contributed by atoms with Crippen molar-refractivity contribution in [2.45, 2.75) is 122 Å². The van der Waals surface area contributed by atoms with Crippen molar-refractivity contribution < 1.29 is 37.9 Å². The van der Waals surface area contributed by atoms with Gasteiger partial charge >= 0.3 is 0 Å². The first-order valence-electron chi connectivity index (χ1n) is 17.7. The molecule has 0 unspecified atom stereocenters. The molecular weight excluding hydrogens is 669 g/mol. The fraction of sp³-hybridized carbons (Fsp3) is 0.667. The fourth-order valence-electron chi connectivity index (χ4n) is 7.34. The highest BCUT2D eigenvalue weighted by Gasteiger charge is 2.56. The molecule has 1 aromatic rings. The van der Waals surface area contributed by atoms with E-state index in [0.717, 1.165) is 44.9 Å². The van der Waals surface area contributed by atoms with E-state index in [9.17, 15) is 28.4 Å². The minimum absolute atomic E-state index is 0.0153. The highest BCUT2D eigenvalue weighted by Crippen LogP contribution is 2.41. The molecule has 0 aromatic heterocycles. The molecule has 0 radical (unpaired) electrons. The summed E-state index contributed by atoms with van der Waals surface area (Å²) >= 11 is 6.33. The molecule has 5 rings (SSSR count). The van der Waals surface area contributed by atoms with Crippen LogP contribution in [0.1, 0.15) is 104 Å². The molecular formula is C36H49ClFN5O7. The van der Waals surface area contributed by atoms with E-state index in [4.69, 9.17) is 26.9 Å². The number of hydrogen-bond donors (Lipinski definition) is 3. The third-order valence-corrected chi connectivity index (χ3v) is 10.5. The minimum Gasteiger partial charge on any atom is -0.489 e. The number of carbonyl (C=O) groups is 5. The summed E-state index contributed by atoms with van der Waals surface area (Å²) in [5.41, 5.74) is 4.14. The Bertz CT molecular complexity index is 1510. The molecule has 4 atom stereocenters. The molecule has 1 aromatic carbocycles. The molecule has 2 saturated carbocycles. The van der Waals surface area contributed by atoms with E-state index in [1.807, 2.05) is 20.8 Å². The molecule has 274 valence electrons. The average molecular weight is 718 g/mol. The van der Waals surface area contributed by atoms with Gasteiger partial charge in [-0.25, -0.2) is 4.39 Å². The lowest BCUT2D eigenvalue weighted by atomic mass is 9.84. The van der Waals surface area contributed by atoms with Crippen molar-refractivity contribution in [3.63, 3.8) is 0 Å². The number of nitrogens with one attached hydrogen (secondary N) is 2. The van der Waals surface area contributed by atoms with Crippen molar-refractivity contribution in [3.8, 4) is 5.75 Å². The van der Waals surface area contributed by atoms with E-state index in [1.165, 1.54) is 17.0 Å². The second kappa shape index (κ2) is 15.2. The quantitative estimate of drug-likeness (QED) is 0.257. The summed E-state index contributed by atoms with van der Waals surface area (Å²) in [5, 5.41) is 9.99. The van der Waals surface area contributed by atoms with Crippen LogP contribution in [-0.2, 0) is 28.8 Å². The Hall–Kier alpha value is -3.74. The standard InChI is InChI=1S/C36H49ClFN5O7/c1-5-49-30-23(37)15-22(16-24(30)38)26-17-36(50-42-26)18-27(33(47)40-25(13-21-11-12-21)29(45)32(39)46)43(19-36)34(48)31(35(2,3)4)41-28(44)14-20-9-7-6-8-10-20/h15-16,20-21,25,27,31H,5-14,17-19H2,1-4H3,(H2,39,46)(H,40,47)(H,41,44)/t25-,27-,31+,36+/m0/s1. The monoisotopic (exact) mass is 717 g/mol. The third-order valence-electron chi connectivity index (χ3n) is 10.2. The van der Waals surface area contributed by atoms with E-state index in [1.54, 1.807) is 6.92 Å². The van der Waals surface area contributed by atoms with E-state index in [2.05, 4.69) is 15.8 Å². The normalized spacial score (nSPS) is 23.5. The van der Waals surface area contributed by atoms with Gasteiger partial charge in [0.2, 0.25) is 23.5 Å².